The van der Waals surface area contributed by atoms with E-state index >= 15 is 0 Å². The van der Waals surface area contributed by atoms with Crippen molar-refractivity contribution in [3.8, 4) is 10.6 Å². The first-order valence-electron chi connectivity index (χ1n) is 5.92. The van der Waals surface area contributed by atoms with Gasteiger partial charge in [-0.3, -0.25) is 0 Å². The highest BCUT2D eigenvalue weighted by molar-refractivity contribution is 7.17. The molecule has 0 bridgehead atoms. The maximum atomic E-state index is 11.2. The second-order valence-corrected chi connectivity index (χ2v) is 5.22. The molecule has 0 spiro atoms. The molecule has 18 heavy (non-hydrogen) atoms. The molecule has 4 heteroatoms. The predicted molar refractivity (Wildman–Crippen MR) is 73.2 cm³/mol. The number of hydrogen-bond acceptors (Lipinski definition) is 3. The van der Waals surface area contributed by atoms with E-state index < -0.39 is 5.97 Å². The van der Waals surface area contributed by atoms with Crippen molar-refractivity contribution < 1.29 is 9.90 Å². The van der Waals surface area contributed by atoms with Crippen molar-refractivity contribution in [1.82, 2.24) is 4.98 Å². The highest BCUT2D eigenvalue weighted by Crippen LogP contribution is 2.29. The van der Waals surface area contributed by atoms with Crippen LogP contribution < -0.4 is 0 Å². The minimum absolute atomic E-state index is 0.368. The van der Waals surface area contributed by atoms with Crippen molar-refractivity contribution in [3.63, 3.8) is 0 Å². The van der Waals surface area contributed by atoms with Gasteiger partial charge in [0.15, 0.2) is 0 Å². The second-order valence-electron chi connectivity index (χ2n) is 4.22. The van der Waals surface area contributed by atoms with Crippen LogP contribution in [0.5, 0.6) is 0 Å². The van der Waals surface area contributed by atoms with Crippen LogP contribution in [0.4, 0.5) is 0 Å². The Bertz CT molecular complexity index is 558. The van der Waals surface area contributed by atoms with Crippen LogP contribution >= 0.6 is 11.3 Å². The van der Waals surface area contributed by atoms with E-state index in [1.54, 1.807) is 0 Å². The lowest BCUT2D eigenvalue weighted by atomic mass is 10.1. The Hall–Kier alpha value is -1.68. The summed E-state index contributed by atoms with van der Waals surface area (Å²) in [5, 5.41) is 9.95. The number of benzene rings is 1. The topological polar surface area (TPSA) is 50.2 Å². The Morgan fingerprint density at radius 1 is 1.33 bits per heavy atom. The molecule has 0 aliphatic carbocycles. The molecule has 3 nitrogen and oxygen atoms in total. The number of aromatic carboxylic acids is 1. The molecule has 0 atom stereocenters. The van der Waals surface area contributed by atoms with Crippen LogP contribution in [0.15, 0.2) is 24.3 Å². The molecule has 0 fully saturated rings. The zero-order valence-corrected chi connectivity index (χ0v) is 11.3. The highest BCUT2D eigenvalue weighted by Gasteiger charge is 2.17. The monoisotopic (exact) mass is 261 g/mol. The van der Waals surface area contributed by atoms with Gasteiger partial charge in [-0.2, -0.15) is 0 Å². The molecule has 0 radical (unpaired) electrons. The minimum atomic E-state index is -0.880. The predicted octanol–water partition coefficient (Wildman–Crippen LogP) is 3.77. The summed E-state index contributed by atoms with van der Waals surface area (Å²) in [6, 6.07) is 7.98. The smallest absolute Gasteiger partial charge is 0.347 e. The molecule has 0 saturated heterocycles. The van der Waals surface area contributed by atoms with Crippen LogP contribution in [0, 0.1) is 6.92 Å². The molecule has 1 aromatic heterocycles. The summed E-state index contributed by atoms with van der Waals surface area (Å²) in [6.07, 6.45) is 1.61. The number of carbonyl (C=O) groups is 1. The molecule has 2 aromatic rings. The Kier molecular flexibility index (Phi) is 3.77. The fourth-order valence-corrected chi connectivity index (χ4v) is 2.70. The lowest BCUT2D eigenvalue weighted by molar-refractivity contribution is 0.0700. The first-order valence-corrected chi connectivity index (χ1v) is 6.73. The van der Waals surface area contributed by atoms with E-state index in [9.17, 15) is 4.79 Å². The number of aryl methyl sites for hydroxylation is 2. The highest BCUT2D eigenvalue weighted by atomic mass is 32.1. The molecule has 0 aliphatic heterocycles. The minimum Gasteiger partial charge on any atom is -0.477 e. The number of carboxylic acids is 1. The standard InChI is InChI=1S/C14H15NO2S/c1-3-4-11-12(14(16)17)18-13(15-11)10-7-5-9(2)6-8-10/h5-8H,3-4H2,1-2H3,(H,16,17). The van der Waals surface area contributed by atoms with Crippen molar-refractivity contribution in [3.05, 3.63) is 40.4 Å². The third-order valence-electron chi connectivity index (χ3n) is 2.68. The SMILES string of the molecule is CCCc1nc(-c2ccc(C)cc2)sc1C(=O)O. The van der Waals surface area contributed by atoms with Crippen LogP contribution in [0.3, 0.4) is 0 Å². The van der Waals surface area contributed by atoms with E-state index in [0.29, 0.717) is 17.0 Å². The average Bonchev–Trinajstić information content (AvgIpc) is 2.75. The quantitative estimate of drug-likeness (QED) is 0.911. The van der Waals surface area contributed by atoms with E-state index in [4.69, 9.17) is 5.11 Å². The van der Waals surface area contributed by atoms with Gasteiger partial charge in [0.05, 0.1) is 5.69 Å². The number of aromatic nitrogens is 1. The van der Waals surface area contributed by atoms with Crippen molar-refractivity contribution in [1.29, 1.82) is 0 Å². The van der Waals surface area contributed by atoms with Gasteiger partial charge in [0.1, 0.15) is 9.88 Å². The normalized spacial score (nSPS) is 10.6. The molecule has 0 unspecified atom stereocenters. The van der Waals surface area contributed by atoms with Crippen LogP contribution in [0.2, 0.25) is 0 Å². The Morgan fingerprint density at radius 2 is 2.00 bits per heavy atom. The van der Waals surface area contributed by atoms with E-state index in [1.165, 1.54) is 16.9 Å². The van der Waals surface area contributed by atoms with Gasteiger partial charge in [0.25, 0.3) is 0 Å². The summed E-state index contributed by atoms with van der Waals surface area (Å²) in [7, 11) is 0. The van der Waals surface area contributed by atoms with Crippen LogP contribution in [0.25, 0.3) is 10.6 Å². The fraction of sp³-hybridized carbons (Fsp3) is 0.286. The molecular weight excluding hydrogens is 246 g/mol. The van der Waals surface area contributed by atoms with E-state index in [2.05, 4.69) is 4.98 Å². The first kappa shape index (κ1) is 12.8. The summed E-state index contributed by atoms with van der Waals surface area (Å²) < 4.78 is 0. The molecule has 2 rings (SSSR count). The zero-order valence-electron chi connectivity index (χ0n) is 10.4. The van der Waals surface area contributed by atoms with Gasteiger partial charge < -0.3 is 5.11 Å². The molecule has 0 saturated carbocycles. The summed E-state index contributed by atoms with van der Waals surface area (Å²) >= 11 is 1.26. The third-order valence-corrected chi connectivity index (χ3v) is 3.81. The van der Waals surface area contributed by atoms with Crippen molar-refractivity contribution in [2.75, 3.05) is 0 Å². The number of hydrogen-bond donors (Lipinski definition) is 1. The van der Waals surface area contributed by atoms with Gasteiger partial charge in [-0.15, -0.1) is 11.3 Å². The van der Waals surface area contributed by atoms with E-state index in [0.717, 1.165) is 17.0 Å². The lowest BCUT2D eigenvalue weighted by Gasteiger charge is -1.96. The summed E-state index contributed by atoms with van der Waals surface area (Å²) in [5.41, 5.74) is 2.86. The lowest BCUT2D eigenvalue weighted by Crippen LogP contribution is -1.98. The van der Waals surface area contributed by atoms with Crippen LogP contribution in [-0.4, -0.2) is 16.1 Å². The second kappa shape index (κ2) is 5.31. The van der Waals surface area contributed by atoms with Gasteiger partial charge >= 0.3 is 5.97 Å². The van der Waals surface area contributed by atoms with Gasteiger partial charge in [0, 0.05) is 5.56 Å². The van der Waals surface area contributed by atoms with E-state index in [-0.39, 0.29) is 0 Å². The fourth-order valence-electron chi connectivity index (χ4n) is 1.74. The van der Waals surface area contributed by atoms with Gasteiger partial charge in [0.2, 0.25) is 0 Å². The average molecular weight is 261 g/mol. The number of carboxylic acid groups (broad SMARTS) is 1. The van der Waals surface area contributed by atoms with Gasteiger partial charge in [-0.05, 0) is 13.3 Å². The molecule has 1 aromatic carbocycles. The molecule has 94 valence electrons. The Morgan fingerprint density at radius 3 is 2.56 bits per heavy atom. The van der Waals surface area contributed by atoms with E-state index in [1.807, 2.05) is 38.1 Å². The van der Waals surface area contributed by atoms with Crippen LogP contribution in [-0.2, 0) is 6.42 Å². The Labute approximate surface area is 110 Å². The summed E-state index contributed by atoms with van der Waals surface area (Å²) in [6.45, 7) is 4.05. The van der Waals surface area contributed by atoms with Gasteiger partial charge in [-0.1, -0.05) is 43.2 Å². The molecular formula is C14H15NO2S. The van der Waals surface area contributed by atoms with Crippen molar-refractivity contribution in [2.45, 2.75) is 26.7 Å². The number of nitrogens with zero attached hydrogens (tertiary/aromatic N) is 1. The van der Waals surface area contributed by atoms with Crippen molar-refractivity contribution in [2.24, 2.45) is 0 Å². The number of rotatable bonds is 4. The zero-order chi connectivity index (χ0) is 13.1. The molecule has 0 amide bonds. The van der Waals surface area contributed by atoms with Crippen molar-refractivity contribution >= 4 is 17.3 Å². The third kappa shape index (κ3) is 2.59. The maximum Gasteiger partial charge on any atom is 0.347 e. The molecule has 1 heterocycles. The molecule has 1 N–H and O–H groups in total. The largest absolute Gasteiger partial charge is 0.477 e. The van der Waals surface area contributed by atoms with Gasteiger partial charge in [-0.25, -0.2) is 9.78 Å². The first-order chi connectivity index (χ1) is 8.61. The summed E-state index contributed by atoms with van der Waals surface area (Å²) in [5.74, 6) is -0.880. The van der Waals surface area contributed by atoms with Crippen LogP contribution in [0.1, 0.15) is 34.3 Å². The summed E-state index contributed by atoms with van der Waals surface area (Å²) in [4.78, 5) is 16.0. The maximum absolute atomic E-state index is 11.2. The Balaban J connectivity index is 2.42. The molecule has 0 aliphatic rings. The number of thiazole rings is 1.